The van der Waals surface area contributed by atoms with Gasteiger partial charge in [-0.05, 0) is 37.4 Å². The number of benzene rings is 1. The van der Waals surface area contributed by atoms with Crippen LogP contribution in [0.5, 0.6) is 0 Å². The predicted octanol–water partition coefficient (Wildman–Crippen LogP) is 2.72. The lowest BCUT2D eigenvalue weighted by Crippen LogP contribution is -2.35. The minimum atomic E-state index is 0.0392. The lowest BCUT2D eigenvalue weighted by molar-refractivity contribution is -0.116. The molecule has 1 atom stereocenters. The number of para-hydroxylation sites is 2. The van der Waals surface area contributed by atoms with Gasteiger partial charge in [0.15, 0.2) is 0 Å². The van der Waals surface area contributed by atoms with Gasteiger partial charge in [-0.2, -0.15) is 0 Å². The normalized spacial score (nSPS) is 19.4. The summed E-state index contributed by atoms with van der Waals surface area (Å²) in [6.07, 6.45) is 3.03. The molecule has 2 rings (SSSR count). The zero-order valence-corrected chi connectivity index (χ0v) is 12.4. The van der Waals surface area contributed by atoms with Crippen LogP contribution in [0.15, 0.2) is 24.3 Å². The maximum absolute atomic E-state index is 12.0. The number of hydrogen-bond donors (Lipinski definition) is 2. The summed E-state index contributed by atoms with van der Waals surface area (Å²) >= 11 is 0. The molecule has 1 aliphatic heterocycles. The zero-order valence-electron chi connectivity index (χ0n) is 12.4. The smallest absolute Gasteiger partial charge is 0.225 e. The van der Waals surface area contributed by atoms with Crippen molar-refractivity contribution in [2.45, 2.75) is 39.2 Å². The standard InChI is InChI=1S/C16H25N3O/c1-12(2)15-8-5-10-19(15)11-9-16(20)18-14-7-4-3-6-13(14)17/h3-4,6-7,12,15H,5,8-11,17H2,1-2H3,(H,18,20). The first-order valence-electron chi connectivity index (χ1n) is 7.46. The summed E-state index contributed by atoms with van der Waals surface area (Å²) in [4.78, 5) is 14.4. The molecule has 110 valence electrons. The van der Waals surface area contributed by atoms with Gasteiger partial charge in [0.2, 0.25) is 5.91 Å². The SMILES string of the molecule is CC(C)C1CCCN1CCC(=O)Nc1ccccc1N. The summed E-state index contributed by atoms with van der Waals surface area (Å²) in [5.74, 6) is 0.697. The average molecular weight is 275 g/mol. The molecule has 20 heavy (non-hydrogen) atoms. The molecule has 1 fully saturated rings. The second-order valence-electron chi connectivity index (χ2n) is 5.87. The third kappa shape index (κ3) is 3.73. The zero-order chi connectivity index (χ0) is 14.5. The monoisotopic (exact) mass is 275 g/mol. The molecule has 0 aromatic heterocycles. The van der Waals surface area contributed by atoms with Crippen molar-refractivity contribution >= 4 is 17.3 Å². The van der Waals surface area contributed by atoms with Crippen molar-refractivity contribution in [3.05, 3.63) is 24.3 Å². The largest absolute Gasteiger partial charge is 0.397 e. The van der Waals surface area contributed by atoms with E-state index in [1.165, 1.54) is 12.8 Å². The molecule has 0 radical (unpaired) electrons. The Morgan fingerprint density at radius 1 is 1.45 bits per heavy atom. The first-order valence-corrected chi connectivity index (χ1v) is 7.46. The minimum Gasteiger partial charge on any atom is -0.397 e. The van der Waals surface area contributed by atoms with E-state index in [1.54, 1.807) is 6.07 Å². The summed E-state index contributed by atoms with van der Waals surface area (Å²) in [5.41, 5.74) is 7.14. The number of anilines is 2. The van der Waals surface area contributed by atoms with E-state index in [1.807, 2.05) is 18.2 Å². The minimum absolute atomic E-state index is 0.0392. The van der Waals surface area contributed by atoms with Gasteiger partial charge in [-0.25, -0.2) is 0 Å². The van der Waals surface area contributed by atoms with E-state index in [0.717, 1.165) is 13.1 Å². The van der Waals surface area contributed by atoms with Crippen molar-refractivity contribution in [2.24, 2.45) is 5.92 Å². The van der Waals surface area contributed by atoms with Gasteiger partial charge in [0, 0.05) is 19.0 Å². The molecular formula is C16H25N3O. The maximum Gasteiger partial charge on any atom is 0.225 e. The number of rotatable bonds is 5. The van der Waals surface area contributed by atoms with E-state index < -0.39 is 0 Å². The molecule has 4 nitrogen and oxygen atoms in total. The van der Waals surface area contributed by atoms with Gasteiger partial charge >= 0.3 is 0 Å². The highest BCUT2D eigenvalue weighted by Crippen LogP contribution is 2.24. The second kappa shape index (κ2) is 6.75. The van der Waals surface area contributed by atoms with Gasteiger partial charge in [0.25, 0.3) is 0 Å². The lowest BCUT2D eigenvalue weighted by Gasteiger charge is -2.27. The number of nitrogen functional groups attached to an aromatic ring is 1. The van der Waals surface area contributed by atoms with Crippen molar-refractivity contribution in [3.63, 3.8) is 0 Å². The second-order valence-corrected chi connectivity index (χ2v) is 5.87. The fraction of sp³-hybridized carbons (Fsp3) is 0.562. The van der Waals surface area contributed by atoms with Gasteiger partial charge in [-0.15, -0.1) is 0 Å². The fourth-order valence-corrected chi connectivity index (χ4v) is 2.95. The van der Waals surface area contributed by atoms with E-state index in [2.05, 4.69) is 24.1 Å². The Hall–Kier alpha value is -1.55. The van der Waals surface area contributed by atoms with Crippen LogP contribution in [-0.2, 0) is 4.79 Å². The van der Waals surface area contributed by atoms with Crippen molar-refractivity contribution in [2.75, 3.05) is 24.1 Å². The van der Waals surface area contributed by atoms with Gasteiger partial charge < -0.3 is 11.1 Å². The number of nitrogens with zero attached hydrogens (tertiary/aromatic N) is 1. The molecule has 4 heteroatoms. The summed E-state index contributed by atoms with van der Waals surface area (Å²) in [6, 6.07) is 8.00. The van der Waals surface area contributed by atoms with E-state index >= 15 is 0 Å². The lowest BCUT2D eigenvalue weighted by atomic mass is 10.0. The van der Waals surface area contributed by atoms with E-state index in [0.29, 0.717) is 29.8 Å². The number of likely N-dealkylation sites (tertiary alicyclic amines) is 1. The summed E-state index contributed by atoms with van der Waals surface area (Å²) in [5, 5.41) is 2.89. The predicted molar refractivity (Wildman–Crippen MR) is 83.5 cm³/mol. The van der Waals surface area contributed by atoms with E-state index in [9.17, 15) is 4.79 Å². The number of carbonyl (C=O) groups excluding carboxylic acids is 1. The Bertz CT molecular complexity index is 459. The molecular weight excluding hydrogens is 250 g/mol. The van der Waals surface area contributed by atoms with Crippen LogP contribution in [0.25, 0.3) is 0 Å². The molecule has 1 saturated heterocycles. The van der Waals surface area contributed by atoms with Crippen molar-refractivity contribution in [1.29, 1.82) is 0 Å². The Morgan fingerprint density at radius 2 is 2.20 bits per heavy atom. The van der Waals surface area contributed by atoms with Crippen LogP contribution in [0.4, 0.5) is 11.4 Å². The van der Waals surface area contributed by atoms with Crippen molar-refractivity contribution in [1.82, 2.24) is 4.90 Å². The number of amides is 1. The molecule has 1 aromatic carbocycles. The van der Waals surface area contributed by atoms with Crippen LogP contribution in [-0.4, -0.2) is 29.9 Å². The molecule has 0 spiro atoms. The molecule has 1 unspecified atom stereocenters. The molecule has 0 aliphatic carbocycles. The van der Waals surface area contributed by atoms with Crippen molar-refractivity contribution < 1.29 is 4.79 Å². The summed E-state index contributed by atoms with van der Waals surface area (Å²) < 4.78 is 0. The average Bonchev–Trinajstić information content (AvgIpc) is 2.88. The Labute approximate surface area is 121 Å². The van der Waals surface area contributed by atoms with Crippen molar-refractivity contribution in [3.8, 4) is 0 Å². The molecule has 3 N–H and O–H groups in total. The van der Waals surface area contributed by atoms with Gasteiger partial charge in [-0.3, -0.25) is 9.69 Å². The van der Waals surface area contributed by atoms with Crippen LogP contribution in [0.2, 0.25) is 0 Å². The molecule has 1 heterocycles. The highest BCUT2D eigenvalue weighted by molar-refractivity contribution is 5.93. The van der Waals surface area contributed by atoms with Gasteiger partial charge in [0.1, 0.15) is 0 Å². The van der Waals surface area contributed by atoms with Crippen LogP contribution >= 0.6 is 0 Å². The highest BCUT2D eigenvalue weighted by Gasteiger charge is 2.26. The molecule has 1 amide bonds. The third-order valence-electron chi connectivity index (χ3n) is 4.04. The number of nitrogens with two attached hydrogens (primary N) is 1. The van der Waals surface area contributed by atoms with Crippen LogP contribution in [0.3, 0.4) is 0 Å². The van der Waals surface area contributed by atoms with E-state index in [-0.39, 0.29) is 5.91 Å². The Kier molecular flexibility index (Phi) is 5.01. The first-order chi connectivity index (χ1) is 9.58. The van der Waals surface area contributed by atoms with Gasteiger partial charge in [-0.1, -0.05) is 26.0 Å². The maximum atomic E-state index is 12.0. The number of carbonyl (C=O) groups is 1. The summed E-state index contributed by atoms with van der Waals surface area (Å²) in [7, 11) is 0. The Balaban J connectivity index is 1.82. The summed E-state index contributed by atoms with van der Waals surface area (Å²) in [6.45, 7) is 6.46. The Morgan fingerprint density at radius 3 is 2.90 bits per heavy atom. The molecule has 1 aromatic rings. The molecule has 0 bridgehead atoms. The first kappa shape index (κ1) is 14.9. The van der Waals surface area contributed by atoms with Crippen LogP contribution in [0, 0.1) is 5.92 Å². The topological polar surface area (TPSA) is 58.4 Å². The fourth-order valence-electron chi connectivity index (χ4n) is 2.95. The molecule has 1 aliphatic rings. The third-order valence-corrected chi connectivity index (χ3v) is 4.04. The number of nitrogens with one attached hydrogen (secondary N) is 1. The highest BCUT2D eigenvalue weighted by atomic mass is 16.1. The number of hydrogen-bond acceptors (Lipinski definition) is 3. The van der Waals surface area contributed by atoms with Gasteiger partial charge in [0.05, 0.1) is 11.4 Å². The quantitative estimate of drug-likeness (QED) is 0.812. The van der Waals surface area contributed by atoms with Crippen LogP contribution in [0.1, 0.15) is 33.1 Å². The molecule has 0 saturated carbocycles. The van der Waals surface area contributed by atoms with E-state index in [4.69, 9.17) is 5.73 Å². The van der Waals surface area contributed by atoms with Crippen LogP contribution < -0.4 is 11.1 Å².